The number of phenols is 1. The molecular formula is C23H31O4-. The standard InChI is InChI=1S/C12H16O3.C11H16O/c1-12(2,3)8-9-4-6-10(7-5-9)15-11(13)14;1-11(2,3)8-9-4-6-10(12)7-5-9/h4-7H,8H2,1-3H3,(H,13,14);4-7,12H,8H2,1-3H3/p-1. The summed E-state index contributed by atoms with van der Waals surface area (Å²) in [4.78, 5) is 10.1. The maximum atomic E-state index is 10.1. The number of carbonyl (C=O) groups excluding carboxylic acids is 1. The number of phenolic OH excluding ortho intramolecular Hbond substituents is 1. The topological polar surface area (TPSA) is 69.6 Å². The summed E-state index contributed by atoms with van der Waals surface area (Å²) in [5.74, 6) is 0.639. The van der Waals surface area contributed by atoms with Gasteiger partial charge in [0, 0.05) is 0 Å². The maximum Gasteiger partial charge on any atom is 0.257 e. The van der Waals surface area contributed by atoms with Gasteiger partial charge in [0.15, 0.2) is 0 Å². The summed E-state index contributed by atoms with van der Waals surface area (Å²) < 4.78 is 4.40. The maximum absolute atomic E-state index is 10.1. The van der Waals surface area contributed by atoms with Crippen molar-refractivity contribution in [3.63, 3.8) is 0 Å². The first-order valence-electron chi connectivity index (χ1n) is 9.10. The van der Waals surface area contributed by atoms with Gasteiger partial charge >= 0.3 is 0 Å². The van der Waals surface area contributed by atoms with Crippen LogP contribution in [-0.4, -0.2) is 11.3 Å². The van der Waals surface area contributed by atoms with Crippen LogP contribution < -0.4 is 9.84 Å². The van der Waals surface area contributed by atoms with E-state index in [0.717, 1.165) is 18.4 Å². The lowest BCUT2D eigenvalue weighted by molar-refractivity contribution is -0.271. The third-order valence-electron chi connectivity index (χ3n) is 3.53. The summed E-state index contributed by atoms with van der Waals surface area (Å²) in [5, 5.41) is 19.2. The van der Waals surface area contributed by atoms with Gasteiger partial charge in [0.1, 0.15) is 5.75 Å². The monoisotopic (exact) mass is 371 g/mol. The van der Waals surface area contributed by atoms with Gasteiger partial charge in [-0.05, 0) is 59.1 Å². The zero-order valence-electron chi connectivity index (χ0n) is 17.2. The van der Waals surface area contributed by atoms with Gasteiger partial charge in [-0.25, -0.2) is 0 Å². The van der Waals surface area contributed by atoms with E-state index in [1.165, 1.54) is 5.56 Å². The Bertz CT molecular complexity index is 702. The quantitative estimate of drug-likeness (QED) is 0.610. The fraction of sp³-hybridized carbons (Fsp3) is 0.435. The number of hydrogen-bond donors (Lipinski definition) is 1. The third kappa shape index (κ3) is 11.0. The normalized spacial score (nSPS) is 11.3. The lowest BCUT2D eigenvalue weighted by Gasteiger charge is -2.18. The number of rotatable bonds is 3. The minimum Gasteiger partial charge on any atom is -0.514 e. The first-order valence-corrected chi connectivity index (χ1v) is 9.10. The van der Waals surface area contributed by atoms with Gasteiger partial charge in [0.05, 0.1) is 5.75 Å². The van der Waals surface area contributed by atoms with Crippen LogP contribution in [0, 0.1) is 10.8 Å². The highest BCUT2D eigenvalue weighted by Gasteiger charge is 2.11. The number of hydrogen-bond acceptors (Lipinski definition) is 4. The van der Waals surface area contributed by atoms with E-state index in [9.17, 15) is 9.90 Å². The van der Waals surface area contributed by atoms with E-state index in [-0.39, 0.29) is 5.41 Å². The van der Waals surface area contributed by atoms with Crippen LogP contribution in [0.1, 0.15) is 52.7 Å². The molecule has 148 valence electrons. The summed E-state index contributed by atoms with van der Waals surface area (Å²) in [6.45, 7) is 13.1. The Morgan fingerprint density at radius 3 is 1.52 bits per heavy atom. The molecule has 0 amide bonds. The molecule has 0 aliphatic heterocycles. The van der Waals surface area contributed by atoms with Gasteiger partial charge in [0.25, 0.3) is 6.16 Å². The number of aromatic hydroxyl groups is 1. The lowest BCUT2D eigenvalue weighted by Crippen LogP contribution is -2.26. The Kier molecular flexibility index (Phi) is 7.89. The van der Waals surface area contributed by atoms with Crippen LogP contribution in [0.25, 0.3) is 0 Å². The zero-order valence-corrected chi connectivity index (χ0v) is 17.2. The lowest BCUT2D eigenvalue weighted by atomic mass is 9.88. The van der Waals surface area contributed by atoms with Crippen LogP contribution in [0.2, 0.25) is 0 Å². The molecule has 2 aromatic carbocycles. The Morgan fingerprint density at radius 1 is 0.815 bits per heavy atom. The second kappa shape index (κ2) is 9.45. The van der Waals surface area contributed by atoms with Crippen LogP contribution in [-0.2, 0) is 12.8 Å². The molecule has 0 bridgehead atoms. The second-order valence-electron chi connectivity index (χ2n) is 9.14. The average Bonchev–Trinajstić information content (AvgIpc) is 2.49. The minimum absolute atomic E-state index is 0.219. The first-order chi connectivity index (χ1) is 12.3. The van der Waals surface area contributed by atoms with Crippen LogP contribution in [0.5, 0.6) is 11.5 Å². The SMILES string of the molecule is CC(C)(C)Cc1ccc(O)cc1.CC(C)(C)Cc1ccc(OC(=O)[O-])cc1. The van der Waals surface area contributed by atoms with Crippen LogP contribution in [0.3, 0.4) is 0 Å². The van der Waals surface area contributed by atoms with Crippen molar-refractivity contribution in [3.8, 4) is 11.5 Å². The van der Waals surface area contributed by atoms with Crippen LogP contribution in [0.15, 0.2) is 48.5 Å². The largest absolute Gasteiger partial charge is 0.514 e. The van der Waals surface area contributed by atoms with Gasteiger partial charge in [-0.15, -0.1) is 0 Å². The van der Waals surface area contributed by atoms with Crippen molar-refractivity contribution in [3.05, 3.63) is 59.7 Å². The van der Waals surface area contributed by atoms with E-state index in [1.54, 1.807) is 24.3 Å². The van der Waals surface area contributed by atoms with Gasteiger partial charge in [0.2, 0.25) is 0 Å². The summed E-state index contributed by atoms with van der Waals surface area (Å²) in [5.41, 5.74) is 2.97. The van der Waals surface area contributed by atoms with Crippen molar-refractivity contribution >= 4 is 6.16 Å². The molecule has 0 aliphatic carbocycles. The molecule has 0 aromatic heterocycles. The molecule has 0 atom stereocenters. The zero-order chi connectivity index (χ0) is 20.7. The molecule has 1 N–H and O–H groups in total. The third-order valence-corrected chi connectivity index (χ3v) is 3.53. The van der Waals surface area contributed by atoms with E-state index in [0.29, 0.717) is 16.9 Å². The molecule has 4 heteroatoms. The number of benzene rings is 2. The molecule has 0 spiro atoms. The molecule has 27 heavy (non-hydrogen) atoms. The van der Waals surface area contributed by atoms with Crippen molar-refractivity contribution < 1.29 is 19.7 Å². The fourth-order valence-electron chi connectivity index (χ4n) is 2.61. The predicted molar refractivity (Wildman–Crippen MR) is 107 cm³/mol. The van der Waals surface area contributed by atoms with Crippen LogP contribution >= 0.6 is 0 Å². The van der Waals surface area contributed by atoms with Gasteiger partial charge < -0.3 is 19.7 Å². The highest BCUT2D eigenvalue weighted by Crippen LogP contribution is 2.22. The van der Waals surface area contributed by atoms with Crippen molar-refractivity contribution in [1.82, 2.24) is 0 Å². The average molecular weight is 371 g/mol. The molecule has 0 aliphatic rings. The number of ether oxygens (including phenoxy) is 1. The predicted octanol–water partition coefficient (Wildman–Crippen LogP) is 4.98. The van der Waals surface area contributed by atoms with Gasteiger partial charge in [-0.2, -0.15) is 0 Å². The molecule has 0 unspecified atom stereocenters. The molecule has 0 radical (unpaired) electrons. The van der Waals surface area contributed by atoms with E-state index >= 15 is 0 Å². The molecule has 2 aromatic rings. The second-order valence-corrected chi connectivity index (χ2v) is 9.14. The van der Waals surface area contributed by atoms with Crippen LogP contribution in [0.4, 0.5) is 4.79 Å². The molecular weight excluding hydrogens is 340 g/mol. The molecule has 0 saturated carbocycles. The number of carboxylic acid groups (broad SMARTS) is 1. The van der Waals surface area contributed by atoms with E-state index in [4.69, 9.17) is 5.11 Å². The summed E-state index contributed by atoms with van der Waals surface area (Å²) >= 11 is 0. The van der Waals surface area contributed by atoms with Gasteiger partial charge in [-0.1, -0.05) is 65.8 Å². The molecule has 0 saturated heterocycles. The van der Waals surface area contributed by atoms with E-state index in [2.05, 4.69) is 46.3 Å². The highest BCUT2D eigenvalue weighted by atomic mass is 16.7. The van der Waals surface area contributed by atoms with Crippen molar-refractivity contribution in [2.45, 2.75) is 54.4 Å². The smallest absolute Gasteiger partial charge is 0.257 e. The summed E-state index contributed by atoms with van der Waals surface area (Å²) in [6.07, 6.45) is 0.463. The van der Waals surface area contributed by atoms with Gasteiger partial charge in [-0.3, -0.25) is 0 Å². The van der Waals surface area contributed by atoms with Crippen molar-refractivity contribution in [2.75, 3.05) is 0 Å². The van der Waals surface area contributed by atoms with E-state index < -0.39 is 6.16 Å². The number of carbonyl (C=O) groups is 1. The van der Waals surface area contributed by atoms with Crippen molar-refractivity contribution in [2.24, 2.45) is 10.8 Å². The Balaban J connectivity index is 0.000000277. The first kappa shape index (κ1) is 22.6. The van der Waals surface area contributed by atoms with Crippen molar-refractivity contribution in [1.29, 1.82) is 0 Å². The Labute approximate surface area is 162 Å². The molecule has 4 nitrogen and oxygen atoms in total. The summed E-state index contributed by atoms with van der Waals surface area (Å²) in [7, 11) is 0. The minimum atomic E-state index is -1.53. The molecule has 2 rings (SSSR count). The molecule has 0 heterocycles. The summed E-state index contributed by atoms with van der Waals surface area (Å²) in [6, 6.07) is 14.4. The fourth-order valence-corrected chi connectivity index (χ4v) is 2.61. The highest BCUT2D eigenvalue weighted by molar-refractivity contribution is 5.58. The molecule has 0 fully saturated rings. The Hall–Kier alpha value is -2.49. The van der Waals surface area contributed by atoms with E-state index in [1.807, 2.05) is 24.3 Å². The Morgan fingerprint density at radius 2 is 1.19 bits per heavy atom.